The second-order valence-corrected chi connectivity index (χ2v) is 10.8. The van der Waals surface area contributed by atoms with Crippen molar-refractivity contribution in [3.63, 3.8) is 0 Å². The molecule has 0 radical (unpaired) electrons. The predicted octanol–water partition coefficient (Wildman–Crippen LogP) is 4.43. The number of hydrazone groups is 1. The summed E-state index contributed by atoms with van der Waals surface area (Å²) >= 11 is 0. The molecule has 0 amide bonds. The molecular formula is C28H40N16. The van der Waals surface area contributed by atoms with Crippen molar-refractivity contribution < 1.29 is 0 Å². The number of fused-ring (bicyclic) bond motifs is 2. The van der Waals surface area contributed by atoms with Gasteiger partial charge >= 0.3 is 0 Å². The molecule has 0 spiro atoms. The zero-order valence-corrected chi connectivity index (χ0v) is 27.6. The number of nitrogens with zero attached hydrogens (tertiary/aromatic N) is 16. The summed E-state index contributed by atoms with van der Waals surface area (Å²) < 4.78 is 7.38. The predicted molar refractivity (Wildman–Crippen MR) is 169 cm³/mol. The fraction of sp³-hybridized carbons (Fsp3) is 0.500. The van der Waals surface area contributed by atoms with Crippen molar-refractivity contribution in [2.45, 2.75) is 82.3 Å². The topological polar surface area (TPSA) is 154 Å². The molecule has 5 aromatic heterocycles. The quantitative estimate of drug-likeness (QED) is 0.206. The maximum absolute atomic E-state index is 4.70. The maximum atomic E-state index is 4.70. The van der Waals surface area contributed by atoms with Gasteiger partial charge in [0.05, 0.1) is 22.8 Å². The van der Waals surface area contributed by atoms with Crippen molar-refractivity contribution in [3.8, 4) is 0 Å². The number of hydrogen-bond acceptors (Lipinski definition) is 11. The molecule has 16 nitrogen and oxygen atoms in total. The Kier molecular flexibility index (Phi) is 8.01. The number of hydrogen-bond donors (Lipinski definition) is 0. The van der Waals surface area contributed by atoms with E-state index in [-0.39, 0.29) is 0 Å². The summed E-state index contributed by atoms with van der Waals surface area (Å²) in [5.41, 5.74) is 8.09. The highest BCUT2D eigenvalue weighted by Crippen LogP contribution is 2.29. The number of aryl methyl sites for hydroxylation is 8. The van der Waals surface area contributed by atoms with E-state index in [1.165, 1.54) is 4.79 Å². The van der Waals surface area contributed by atoms with Gasteiger partial charge in [0, 0.05) is 38.3 Å². The van der Waals surface area contributed by atoms with Crippen LogP contribution in [0.1, 0.15) is 66.5 Å². The molecule has 0 saturated carbocycles. The van der Waals surface area contributed by atoms with Crippen LogP contribution in [-0.4, -0.2) is 72.3 Å². The smallest absolute Gasteiger partial charge is 0.205 e. The standard InChI is InChI=1S/2C14H20N8/c1-7-21-14(8(2)9(3)16-21)20(6)19-12-10(4)17-22-13(12)15-11(5)18-22;1-7-21-13(8(2)9(3)17-21)16-15-12-10(4)18-22-14(12)20(6)11(5)19-22/h2*7H2,1-6H3/b19-12-;. The highest BCUT2D eigenvalue weighted by molar-refractivity contribution is 6.48. The average Bonchev–Trinajstić information content (AvgIpc) is 3.77. The second kappa shape index (κ2) is 11.6. The van der Waals surface area contributed by atoms with Crippen LogP contribution >= 0.6 is 0 Å². The Morgan fingerprint density at radius 1 is 0.750 bits per heavy atom. The number of rotatable bonds is 6. The van der Waals surface area contributed by atoms with Gasteiger partial charge in [0.2, 0.25) is 5.82 Å². The van der Waals surface area contributed by atoms with E-state index in [1.54, 1.807) is 4.63 Å². The average molecular weight is 601 g/mol. The summed E-state index contributed by atoms with van der Waals surface area (Å²) in [6, 6.07) is 0. The lowest BCUT2D eigenvalue weighted by atomic mass is 10.2. The van der Waals surface area contributed by atoms with Gasteiger partial charge < -0.3 is 4.57 Å². The highest BCUT2D eigenvalue weighted by atomic mass is 15.6. The molecule has 0 saturated heterocycles. The van der Waals surface area contributed by atoms with Crippen LogP contribution in [-0.2, 0) is 20.1 Å². The summed E-state index contributed by atoms with van der Waals surface area (Å²) in [5.74, 6) is 4.02. The van der Waals surface area contributed by atoms with Gasteiger partial charge in [0.1, 0.15) is 11.6 Å². The molecular weight excluding hydrogens is 560 g/mol. The summed E-state index contributed by atoms with van der Waals surface area (Å²) in [6.07, 6.45) is 0. The van der Waals surface area contributed by atoms with Gasteiger partial charge in [-0.3, -0.25) is 5.01 Å². The van der Waals surface area contributed by atoms with E-state index in [1.807, 2.05) is 88.4 Å². The van der Waals surface area contributed by atoms with Crippen LogP contribution < -0.4 is 5.01 Å². The molecule has 0 unspecified atom stereocenters. The third-order valence-corrected chi connectivity index (χ3v) is 7.71. The van der Waals surface area contributed by atoms with E-state index >= 15 is 0 Å². The first-order chi connectivity index (χ1) is 20.9. The first-order valence-electron chi connectivity index (χ1n) is 14.6. The Bertz CT molecular complexity index is 1950. The first kappa shape index (κ1) is 30.4. The minimum Gasteiger partial charge on any atom is -0.313 e. The molecule has 6 heterocycles. The molecule has 0 N–H and O–H groups in total. The van der Waals surface area contributed by atoms with Crippen LogP contribution in [0.5, 0.6) is 0 Å². The molecule has 0 atom stereocenters. The third-order valence-electron chi connectivity index (χ3n) is 7.71. The van der Waals surface area contributed by atoms with Crippen LogP contribution in [0.25, 0.3) is 5.65 Å². The van der Waals surface area contributed by atoms with Crippen molar-refractivity contribution in [3.05, 3.63) is 45.7 Å². The van der Waals surface area contributed by atoms with E-state index in [4.69, 9.17) is 5.10 Å². The SMILES string of the molecule is CCn1nc(C)c(C)c1N(C)/N=C1/C(C)=Nn2nc(C)nc21.CCn1nc(C)c(C)c1N=Nc1c(C)nn2nc(C)n(C)c12. The maximum Gasteiger partial charge on any atom is 0.205 e. The molecule has 16 heteroatoms. The lowest BCUT2D eigenvalue weighted by Crippen LogP contribution is -2.21. The van der Waals surface area contributed by atoms with Crippen LogP contribution in [0.2, 0.25) is 0 Å². The van der Waals surface area contributed by atoms with Crippen molar-refractivity contribution in [1.82, 2.24) is 53.8 Å². The van der Waals surface area contributed by atoms with E-state index in [2.05, 4.69) is 59.7 Å². The van der Waals surface area contributed by atoms with Crippen LogP contribution in [0, 0.1) is 48.5 Å². The van der Waals surface area contributed by atoms with Crippen LogP contribution in [0.3, 0.4) is 0 Å². The molecule has 0 aromatic carbocycles. The van der Waals surface area contributed by atoms with Gasteiger partial charge in [-0.15, -0.1) is 29.8 Å². The Morgan fingerprint density at radius 3 is 2.09 bits per heavy atom. The largest absolute Gasteiger partial charge is 0.313 e. The minimum atomic E-state index is 0.679. The molecule has 0 aliphatic carbocycles. The molecule has 44 heavy (non-hydrogen) atoms. The van der Waals surface area contributed by atoms with Gasteiger partial charge in [0.25, 0.3) is 0 Å². The Labute approximate surface area is 255 Å². The highest BCUT2D eigenvalue weighted by Gasteiger charge is 2.25. The number of azo groups is 1. The lowest BCUT2D eigenvalue weighted by molar-refractivity contribution is 0.644. The Hall–Kier alpha value is -5.02. The van der Waals surface area contributed by atoms with E-state index in [0.29, 0.717) is 11.6 Å². The number of anilines is 1. The van der Waals surface area contributed by atoms with Gasteiger partial charge in [-0.1, -0.05) is 0 Å². The summed E-state index contributed by atoms with van der Waals surface area (Å²) in [4.78, 5) is 5.93. The normalized spacial score (nSPS) is 13.7. The van der Waals surface area contributed by atoms with Crippen LogP contribution in [0.4, 0.5) is 17.3 Å². The van der Waals surface area contributed by atoms with Gasteiger partial charge in [-0.05, 0) is 69.2 Å². The lowest BCUT2D eigenvalue weighted by Gasteiger charge is -2.16. The van der Waals surface area contributed by atoms with Crippen molar-refractivity contribution in [1.29, 1.82) is 0 Å². The Morgan fingerprint density at radius 2 is 1.41 bits per heavy atom. The zero-order valence-electron chi connectivity index (χ0n) is 27.6. The van der Waals surface area contributed by atoms with Gasteiger partial charge in [-0.25, -0.2) is 14.3 Å². The molecule has 0 fully saturated rings. The molecule has 1 aliphatic heterocycles. The molecule has 5 aromatic rings. The molecule has 6 rings (SSSR count). The third kappa shape index (κ3) is 5.20. The molecule has 0 bridgehead atoms. The summed E-state index contributed by atoms with van der Waals surface area (Å²) in [6.45, 7) is 21.3. The summed E-state index contributed by atoms with van der Waals surface area (Å²) in [5, 5.41) is 41.7. The fourth-order valence-electron chi connectivity index (χ4n) is 5.01. The van der Waals surface area contributed by atoms with E-state index in [0.717, 1.165) is 81.5 Å². The number of aromatic nitrogens is 11. The molecule has 232 valence electrons. The van der Waals surface area contributed by atoms with E-state index in [9.17, 15) is 0 Å². The van der Waals surface area contributed by atoms with Gasteiger partial charge in [-0.2, -0.15) is 25.5 Å². The molecule has 1 aliphatic rings. The zero-order chi connectivity index (χ0) is 32.0. The minimum absolute atomic E-state index is 0.679. The van der Waals surface area contributed by atoms with Crippen molar-refractivity contribution >= 4 is 34.4 Å². The van der Waals surface area contributed by atoms with Crippen LogP contribution in [0.15, 0.2) is 20.4 Å². The van der Waals surface area contributed by atoms with Crippen molar-refractivity contribution in [2.24, 2.45) is 27.5 Å². The fourth-order valence-corrected chi connectivity index (χ4v) is 5.01. The van der Waals surface area contributed by atoms with Gasteiger partial charge in [0.15, 0.2) is 28.7 Å². The second-order valence-electron chi connectivity index (χ2n) is 10.8. The summed E-state index contributed by atoms with van der Waals surface area (Å²) in [7, 11) is 3.87. The van der Waals surface area contributed by atoms with E-state index < -0.39 is 0 Å². The first-order valence-corrected chi connectivity index (χ1v) is 14.6. The van der Waals surface area contributed by atoms with Crippen molar-refractivity contribution in [2.75, 3.05) is 12.1 Å². The Balaban J connectivity index is 0.000000175. The monoisotopic (exact) mass is 600 g/mol.